The highest BCUT2D eigenvalue weighted by atomic mass is 32.1. The van der Waals surface area contributed by atoms with Crippen molar-refractivity contribution in [3.8, 4) is 11.8 Å². The number of nitriles is 1. The number of hydrogen-bond acceptors (Lipinski definition) is 6. The number of nitrogens with one attached hydrogen (secondary N) is 2. The first-order chi connectivity index (χ1) is 12.0. The van der Waals surface area contributed by atoms with Crippen LogP contribution in [0.5, 0.6) is 5.75 Å². The number of esters is 1. The Labute approximate surface area is 148 Å². The summed E-state index contributed by atoms with van der Waals surface area (Å²) >= 11 is 4.92. The quantitative estimate of drug-likeness (QED) is 0.607. The summed E-state index contributed by atoms with van der Waals surface area (Å²) < 4.78 is 10.4. The number of ether oxygens (including phenoxy) is 2. The predicted molar refractivity (Wildman–Crippen MR) is 94.5 cm³/mol. The van der Waals surface area contributed by atoms with Gasteiger partial charge in [0.05, 0.1) is 12.3 Å². The van der Waals surface area contributed by atoms with Crippen molar-refractivity contribution in [1.82, 2.24) is 9.97 Å². The average molecular weight is 357 g/mol. The summed E-state index contributed by atoms with van der Waals surface area (Å²) in [6, 6.07) is 8.86. The van der Waals surface area contributed by atoms with E-state index in [2.05, 4.69) is 9.97 Å². The molecule has 0 amide bonds. The molecule has 0 radical (unpaired) electrons. The van der Waals surface area contributed by atoms with E-state index in [1.165, 1.54) is 0 Å². The van der Waals surface area contributed by atoms with E-state index in [1.807, 2.05) is 6.07 Å². The van der Waals surface area contributed by atoms with Gasteiger partial charge >= 0.3 is 5.97 Å². The number of aromatic nitrogens is 2. The van der Waals surface area contributed by atoms with Crippen molar-refractivity contribution in [1.29, 1.82) is 5.26 Å². The molecule has 2 rings (SSSR count). The largest absolute Gasteiger partial charge is 0.481 e. The summed E-state index contributed by atoms with van der Waals surface area (Å²) in [5.74, 6) is 0.000438. The first-order valence-corrected chi connectivity index (χ1v) is 7.78. The number of benzene rings is 1. The number of hydrogen-bond donors (Lipinski definition) is 2. The van der Waals surface area contributed by atoms with Crippen LogP contribution in [0.15, 0.2) is 29.1 Å². The van der Waals surface area contributed by atoms with Gasteiger partial charge in [-0.25, -0.2) is 4.79 Å². The maximum Gasteiger partial charge on any atom is 0.344 e. The molecular weight excluding hydrogens is 342 g/mol. The number of carbonyl (C=O) groups is 1. The number of para-hydroxylation sites is 1. The molecule has 128 valence electrons. The summed E-state index contributed by atoms with van der Waals surface area (Å²) in [6.45, 7) is 1.78. The minimum atomic E-state index is -0.558. The Bertz CT molecular complexity index is 953. The molecule has 2 N–H and O–H groups in total. The molecule has 1 aromatic heterocycles. The second kappa shape index (κ2) is 8.61. The van der Waals surface area contributed by atoms with Gasteiger partial charge < -0.3 is 14.5 Å². The summed E-state index contributed by atoms with van der Waals surface area (Å²) in [5.41, 5.74) is 0.319. The molecule has 0 atom stereocenters. The lowest BCUT2D eigenvalue weighted by Crippen LogP contribution is -2.15. The van der Waals surface area contributed by atoms with Gasteiger partial charge in [0.1, 0.15) is 17.4 Å². The molecule has 0 aliphatic heterocycles. The molecule has 7 nitrogen and oxygen atoms in total. The van der Waals surface area contributed by atoms with E-state index >= 15 is 0 Å². The van der Waals surface area contributed by atoms with E-state index in [4.69, 9.17) is 27.0 Å². The second-order valence-electron chi connectivity index (χ2n) is 4.77. The molecular formula is C17H15N3O4S. The van der Waals surface area contributed by atoms with Crippen molar-refractivity contribution < 1.29 is 14.3 Å². The van der Waals surface area contributed by atoms with Crippen molar-refractivity contribution in [2.45, 2.75) is 6.92 Å². The standard InChI is InChI=1S/C17H15N3O4S/c1-2-23-15(21)10-24-14-6-4-3-5-11(14)7-8-13-12(9-18)16(22)20-17(25)19-13/h3-8H,2,10H2,1H3,(H2,19,20,22,25)/b8-7+. The van der Waals surface area contributed by atoms with Crippen LogP contribution in [0, 0.1) is 16.1 Å². The highest BCUT2D eigenvalue weighted by molar-refractivity contribution is 7.71. The highest BCUT2D eigenvalue weighted by Crippen LogP contribution is 2.20. The van der Waals surface area contributed by atoms with Crippen LogP contribution in [0.25, 0.3) is 12.2 Å². The zero-order valence-corrected chi connectivity index (χ0v) is 14.2. The van der Waals surface area contributed by atoms with Gasteiger partial charge in [0.25, 0.3) is 5.56 Å². The molecule has 0 spiro atoms. The third kappa shape index (κ3) is 4.89. The average Bonchev–Trinajstić information content (AvgIpc) is 2.58. The molecule has 0 saturated heterocycles. The topological polar surface area (TPSA) is 108 Å². The maximum absolute atomic E-state index is 11.7. The van der Waals surface area contributed by atoms with Crippen LogP contribution >= 0.6 is 12.2 Å². The lowest BCUT2D eigenvalue weighted by molar-refractivity contribution is -0.145. The number of nitrogens with zero attached hydrogens (tertiary/aromatic N) is 1. The van der Waals surface area contributed by atoms with Crippen molar-refractivity contribution >= 4 is 30.3 Å². The first kappa shape index (κ1) is 18.2. The summed E-state index contributed by atoms with van der Waals surface area (Å²) in [4.78, 5) is 28.3. The van der Waals surface area contributed by atoms with Gasteiger partial charge in [0.15, 0.2) is 11.4 Å². The van der Waals surface area contributed by atoms with Crippen LogP contribution in [0.2, 0.25) is 0 Å². The second-order valence-corrected chi connectivity index (χ2v) is 5.18. The normalized spacial score (nSPS) is 10.4. The highest BCUT2D eigenvalue weighted by Gasteiger charge is 2.07. The van der Waals surface area contributed by atoms with E-state index in [-0.39, 0.29) is 29.2 Å². The summed E-state index contributed by atoms with van der Waals surface area (Å²) in [6.07, 6.45) is 3.21. The minimum Gasteiger partial charge on any atom is -0.481 e. The van der Waals surface area contributed by atoms with E-state index in [1.54, 1.807) is 43.3 Å². The van der Waals surface area contributed by atoms with Crippen LogP contribution in [0.1, 0.15) is 23.7 Å². The van der Waals surface area contributed by atoms with Gasteiger partial charge in [-0.15, -0.1) is 0 Å². The zero-order chi connectivity index (χ0) is 18.2. The fourth-order valence-corrected chi connectivity index (χ4v) is 2.20. The number of carbonyl (C=O) groups excluding carboxylic acids is 1. The molecule has 0 aliphatic carbocycles. The third-order valence-electron chi connectivity index (χ3n) is 3.08. The number of rotatable bonds is 6. The fourth-order valence-electron chi connectivity index (χ4n) is 2.00. The van der Waals surface area contributed by atoms with Gasteiger partial charge in [0, 0.05) is 5.56 Å². The smallest absolute Gasteiger partial charge is 0.344 e. The van der Waals surface area contributed by atoms with Crippen molar-refractivity contribution in [2.75, 3.05) is 13.2 Å². The predicted octanol–water partition coefficient (Wildman–Crippen LogP) is 2.42. The maximum atomic E-state index is 11.7. The van der Waals surface area contributed by atoms with Crippen LogP contribution in [0.4, 0.5) is 0 Å². The zero-order valence-electron chi connectivity index (χ0n) is 13.4. The van der Waals surface area contributed by atoms with Crippen molar-refractivity contribution in [3.05, 3.63) is 56.2 Å². The molecule has 0 aliphatic rings. The van der Waals surface area contributed by atoms with Gasteiger partial charge in [0.2, 0.25) is 0 Å². The van der Waals surface area contributed by atoms with Crippen LogP contribution in [-0.2, 0) is 9.53 Å². The van der Waals surface area contributed by atoms with Crippen LogP contribution in [0.3, 0.4) is 0 Å². The Hall–Kier alpha value is -3.18. The SMILES string of the molecule is CCOC(=O)COc1ccccc1/C=C/c1[nH]c(=S)[nH]c(=O)c1C#N. The molecule has 0 bridgehead atoms. The van der Waals surface area contributed by atoms with Crippen molar-refractivity contribution in [3.63, 3.8) is 0 Å². The van der Waals surface area contributed by atoms with Crippen molar-refractivity contribution in [2.24, 2.45) is 0 Å². The lowest BCUT2D eigenvalue weighted by atomic mass is 10.1. The molecule has 1 heterocycles. The van der Waals surface area contributed by atoms with E-state index in [9.17, 15) is 9.59 Å². The third-order valence-corrected chi connectivity index (χ3v) is 3.29. The molecule has 1 aromatic carbocycles. The number of H-pyrrole nitrogens is 2. The lowest BCUT2D eigenvalue weighted by Gasteiger charge is -2.08. The monoisotopic (exact) mass is 357 g/mol. The molecule has 25 heavy (non-hydrogen) atoms. The van der Waals surface area contributed by atoms with Crippen LogP contribution < -0.4 is 10.3 Å². The van der Waals surface area contributed by atoms with E-state index in [0.717, 1.165) is 0 Å². The Balaban J connectivity index is 2.28. The Kier molecular flexibility index (Phi) is 6.26. The van der Waals surface area contributed by atoms with Crippen LogP contribution in [-0.4, -0.2) is 29.2 Å². The number of aromatic amines is 2. The van der Waals surface area contributed by atoms with Gasteiger partial charge in [-0.2, -0.15) is 5.26 Å². The molecule has 8 heteroatoms. The fraction of sp³-hybridized carbons (Fsp3) is 0.176. The Morgan fingerprint density at radius 1 is 1.32 bits per heavy atom. The van der Waals surface area contributed by atoms with E-state index in [0.29, 0.717) is 11.3 Å². The first-order valence-electron chi connectivity index (χ1n) is 7.37. The molecule has 0 unspecified atom stereocenters. The molecule has 0 saturated carbocycles. The molecule has 0 fully saturated rings. The van der Waals surface area contributed by atoms with Gasteiger partial charge in [-0.3, -0.25) is 9.78 Å². The van der Waals surface area contributed by atoms with E-state index < -0.39 is 11.5 Å². The van der Waals surface area contributed by atoms with Gasteiger partial charge in [-0.05, 0) is 37.4 Å². The Morgan fingerprint density at radius 3 is 2.80 bits per heavy atom. The van der Waals surface area contributed by atoms with Gasteiger partial charge in [-0.1, -0.05) is 18.2 Å². The molecule has 2 aromatic rings. The minimum absolute atomic E-state index is 0.0743. The summed E-state index contributed by atoms with van der Waals surface area (Å²) in [5, 5.41) is 9.10. The Morgan fingerprint density at radius 2 is 2.08 bits per heavy atom. The summed E-state index contributed by atoms with van der Waals surface area (Å²) in [7, 11) is 0.